The first-order chi connectivity index (χ1) is 11.8. The molecule has 1 aromatic carbocycles. The molecule has 25 heavy (non-hydrogen) atoms. The highest BCUT2D eigenvalue weighted by atomic mass is 32.2. The molecule has 1 aromatic heterocycles. The van der Waals surface area contributed by atoms with E-state index in [1.54, 1.807) is 39.0 Å². The molecule has 7 nitrogen and oxygen atoms in total. The highest BCUT2D eigenvalue weighted by Gasteiger charge is 2.25. The molecule has 0 unspecified atom stereocenters. The Hall–Kier alpha value is -2.45. The van der Waals surface area contributed by atoms with Crippen LogP contribution in [-0.2, 0) is 14.8 Å². The van der Waals surface area contributed by atoms with Gasteiger partial charge in [-0.2, -0.15) is 4.31 Å². The molecule has 0 aliphatic rings. The van der Waals surface area contributed by atoms with Crippen LogP contribution in [0.4, 0.5) is 5.82 Å². The molecule has 0 radical (unpaired) electrons. The molecule has 2 aromatic rings. The van der Waals surface area contributed by atoms with Crippen LogP contribution in [-0.4, -0.2) is 36.4 Å². The Bertz CT molecular complexity index is 842. The molecule has 8 heteroatoms. The first kappa shape index (κ1) is 18.9. The lowest BCUT2D eigenvalue weighted by Gasteiger charge is -2.23. The third kappa shape index (κ3) is 5.54. The van der Waals surface area contributed by atoms with E-state index < -0.39 is 15.9 Å². The molecule has 0 saturated heterocycles. The Kier molecular flexibility index (Phi) is 6.11. The van der Waals surface area contributed by atoms with E-state index in [1.807, 2.05) is 18.2 Å². The highest BCUT2D eigenvalue weighted by molar-refractivity contribution is 7.92. The molecule has 0 fully saturated rings. The maximum absolute atomic E-state index is 12.6. The Balaban J connectivity index is 2.10. The Morgan fingerprint density at radius 3 is 2.56 bits per heavy atom. The van der Waals surface area contributed by atoms with Crippen LogP contribution in [0.3, 0.4) is 0 Å². The molecular formula is C17H21N3O4S. The molecule has 134 valence electrons. The number of nitrogens with zero attached hydrogens (tertiary/aromatic N) is 2. The van der Waals surface area contributed by atoms with Crippen LogP contribution in [0.2, 0.25) is 0 Å². The van der Waals surface area contributed by atoms with Crippen molar-refractivity contribution in [2.75, 3.05) is 11.9 Å². The average Bonchev–Trinajstić information content (AvgIpc) is 2.96. The molecule has 0 saturated carbocycles. The minimum atomic E-state index is -3.75. The summed E-state index contributed by atoms with van der Waals surface area (Å²) >= 11 is 0. The van der Waals surface area contributed by atoms with Gasteiger partial charge in [0, 0.05) is 17.5 Å². The number of hydrogen-bond acceptors (Lipinski definition) is 5. The number of anilines is 1. The number of rotatable bonds is 7. The quantitative estimate of drug-likeness (QED) is 0.816. The molecule has 0 bridgehead atoms. The van der Waals surface area contributed by atoms with Gasteiger partial charge in [-0.1, -0.05) is 35.5 Å². The summed E-state index contributed by atoms with van der Waals surface area (Å²) in [6.45, 7) is 4.80. The normalized spacial score (nSPS) is 12.2. The van der Waals surface area contributed by atoms with Crippen LogP contribution < -0.4 is 5.32 Å². The first-order valence-electron chi connectivity index (χ1n) is 7.76. The maximum Gasteiger partial charge on any atom is 0.240 e. The molecular weight excluding hydrogens is 342 g/mol. The van der Waals surface area contributed by atoms with Crippen LogP contribution in [0.15, 0.2) is 46.3 Å². The molecule has 0 atom stereocenters. The van der Waals surface area contributed by atoms with Gasteiger partial charge in [-0.05, 0) is 32.4 Å². The lowest BCUT2D eigenvalue weighted by Crippen LogP contribution is -2.41. The fourth-order valence-corrected chi connectivity index (χ4v) is 3.49. The van der Waals surface area contributed by atoms with Crippen LogP contribution in [0.5, 0.6) is 0 Å². The fraction of sp³-hybridized carbons (Fsp3) is 0.294. The molecule has 0 aliphatic heterocycles. The van der Waals surface area contributed by atoms with Crippen molar-refractivity contribution in [2.45, 2.75) is 26.8 Å². The van der Waals surface area contributed by atoms with Gasteiger partial charge in [-0.25, -0.2) is 8.42 Å². The number of carbonyl (C=O) groups excluding carboxylic acids is 1. The molecule has 0 spiro atoms. The van der Waals surface area contributed by atoms with Gasteiger partial charge in [-0.15, -0.1) is 0 Å². The third-order valence-corrected chi connectivity index (χ3v) is 5.01. The zero-order valence-electron chi connectivity index (χ0n) is 14.3. The van der Waals surface area contributed by atoms with E-state index >= 15 is 0 Å². The van der Waals surface area contributed by atoms with E-state index in [9.17, 15) is 13.2 Å². The molecule has 0 aliphatic carbocycles. The standard InChI is InChI=1S/C17H21N3O4S/c1-13(2)20(12-17(21)18-16-11-14(3)24-19-16)25(22,23)10-9-15-7-5-4-6-8-15/h4-11,13H,12H2,1-3H3,(H,18,19,21)/b10-9+. The fourth-order valence-electron chi connectivity index (χ4n) is 2.12. The van der Waals surface area contributed by atoms with E-state index in [1.165, 1.54) is 6.08 Å². The number of amides is 1. The molecule has 1 heterocycles. The minimum absolute atomic E-state index is 0.253. The maximum atomic E-state index is 12.6. The van der Waals surface area contributed by atoms with E-state index in [0.717, 1.165) is 15.3 Å². The number of nitrogens with one attached hydrogen (secondary N) is 1. The van der Waals surface area contributed by atoms with Crippen molar-refractivity contribution in [1.82, 2.24) is 9.46 Å². The van der Waals surface area contributed by atoms with Crippen molar-refractivity contribution < 1.29 is 17.7 Å². The number of carbonyl (C=O) groups is 1. The SMILES string of the molecule is Cc1cc(NC(=O)CN(C(C)C)S(=O)(=O)/C=C/c2ccccc2)no1. The van der Waals surface area contributed by atoms with Gasteiger partial charge in [-0.3, -0.25) is 4.79 Å². The average molecular weight is 363 g/mol. The van der Waals surface area contributed by atoms with Crippen molar-refractivity contribution >= 4 is 27.8 Å². The smallest absolute Gasteiger partial charge is 0.240 e. The Morgan fingerprint density at radius 2 is 2.00 bits per heavy atom. The van der Waals surface area contributed by atoms with Crippen molar-refractivity contribution in [2.24, 2.45) is 0 Å². The molecule has 1 amide bonds. The van der Waals surface area contributed by atoms with Gasteiger partial charge in [0.05, 0.1) is 6.54 Å². The third-order valence-electron chi connectivity index (χ3n) is 3.33. The second-order valence-corrected chi connectivity index (χ2v) is 7.54. The van der Waals surface area contributed by atoms with Crippen molar-refractivity contribution in [1.29, 1.82) is 0 Å². The van der Waals surface area contributed by atoms with Crippen LogP contribution >= 0.6 is 0 Å². The van der Waals surface area contributed by atoms with E-state index in [-0.39, 0.29) is 18.4 Å². The summed E-state index contributed by atoms with van der Waals surface area (Å²) in [7, 11) is -3.75. The summed E-state index contributed by atoms with van der Waals surface area (Å²) in [6.07, 6.45) is 1.50. The predicted molar refractivity (Wildman–Crippen MR) is 96.1 cm³/mol. The summed E-state index contributed by atoms with van der Waals surface area (Å²) in [6, 6.07) is 10.3. The highest BCUT2D eigenvalue weighted by Crippen LogP contribution is 2.13. The number of aryl methyl sites for hydroxylation is 1. The largest absolute Gasteiger partial charge is 0.360 e. The van der Waals surface area contributed by atoms with E-state index in [4.69, 9.17) is 4.52 Å². The monoisotopic (exact) mass is 363 g/mol. The van der Waals surface area contributed by atoms with Gasteiger partial charge in [0.15, 0.2) is 5.82 Å². The van der Waals surface area contributed by atoms with Crippen molar-refractivity contribution in [3.63, 3.8) is 0 Å². The summed E-state index contributed by atoms with van der Waals surface area (Å²) in [4.78, 5) is 12.1. The topological polar surface area (TPSA) is 92.5 Å². The summed E-state index contributed by atoms with van der Waals surface area (Å²) in [5.41, 5.74) is 0.761. The van der Waals surface area contributed by atoms with Crippen molar-refractivity contribution in [3.05, 3.63) is 53.1 Å². The number of aromatic nitrogens is 1. The van der Waals surface area contributed by atoms with Gasteiger partial charge >= 0.3 is 0 Å². The Morgan fingerprint density at radius 1 is 1.32 bits per heavy atom. The number of sulfonamides is 1. The molecule has 1 N–H and O–H groups in total. The van der Waals surface area contributed by atoms with Crippen LogP contribution in [0.25, 0.3) is 6.08 Å². The second-order valence-electron chi connectivity index (χ2n) is 5.77. The first-order valence-corrected chi connectivity index (χ1v) is 9.26. The van der Waals surface area contributed by atoms with Crippen LogP contribution in [0, 0.1) is 6.92 Å². The summed E-state index contributed by atoms with van der Waals surface area (Å²) in [5.74, 6) is 0.316. The summed E-state index contributed by atoms with van der Waals surface area (Å²) in [5, 5.41) is 7.28. The minimum Gasteiger partial charge on any atom is -0.360 e. The predicted octanol–water partition coefficient (Wildman–Crippen LogP) is 2.63. The second kappa shape index (κ2) is 8.09. The van der Waals surface area contributed by atoms with Gasteiger partial charge in [0.25, 0.3) is 0 Å². The molecule has 2 rings (SSSR count). The number of benzene rings is 1. The van der Waals surface area contributed by atoms with Crippen molar-refractivity contribution in [3.8, 4) is 0 Å². The lowest BCUT2D eigenvalue weighted by atomic mass is 10.2. The van der Waals surface area contributed by atoms with E-state index in [2.05, 4.69) is 10.5 Å². The van der Waals surface area contributed by atoms with Gasteiger partial charge in [0.1, 0.15) is 5.76 Å². The Labute approximate surface area is 147 Å². The zero-order chi connectivity index (χ0) is 18.4. The van der Waals surface area contributed by atoms with E-state index in [0.29, 0.717) is 5.76 Å². The zero-order valence-corrected chi connectivity index (χ0v) is 15.2. The summed E-state index contributed by atoms with van der Waals surface area (Å²) < 4.78 is 31.1. The lowest BCUT2D eigenvalue weighted by molar-refractivity contribution is -0.116. The van der Waals surface area contributed by atoms with Gasteiger partial charge in [0.2, 0.25) is 15.9 Å². The van der Waals surface area contributed by atoms with Crippen LogP contribution in [0.1, 0.15) is 25.2 Å². The number of hydrogen-bond donors (Lipinski definition) is 1. The van der Waals surface area contributed by atoms with Gasteiger partial charge < -0.3 is 9.84 Å².